The molecule has 1 fully saturated rings. The summed E-state index contributed by atoms with van der Waals surface area (Å²) < 4.78 is 5.53. The molecule has 1 aromatic heterocycles. The summed E-state index contributed by atoms with van der Waals surface area (Å²) in [4.78, 5) is 27.6. The largest absolute Gasteiger partial charge is 0.481 e. The van der Waals surface area contributed by atoms with E-state index in [0.717, 1.165) is 12.8 Å². The maximum Gasteiger partial charge on any atom is 0.305 e. The van der Waals surface area contributed by atoms with Crippen LogP contribution in [0.2, 0.25) is 5.02 Å². The second kappa shape index (κ2) is 7.38. The quantitative estimate of drug-likeness (QED) is 0.748. The van der Waals surface area contributed by atoms with E-state index in [1.807, 2.05) is 13.8 Å². The van der Waals surface area contributed by atoms with Crippen molar-refractivity contribution in [2.45, 2.75) is 45.6 Å². The van der Waals surface area contributed by atoms with E-state index in [4.69, 9.17) is 21.4 Å². The molecule has 132 valence electrons. The molecule has 7 heteroatoms. The third kappa shape index (κ3) is 4.84. The molecule has 1 heterocycles. The molecule has 1 aliphatic rings. The molecule has 2 N–H and O–H groups in total. The lowest BCUT2D eigenvalue weighted by Crippen LogP contribution is -2.51. The summed E-state index contributed by atoms with van der Waals surface area (Å²) in [5.41, 5.74) is -0.590. The van der Waals surface area contributed by atoms with Crippen molar-refractivity contribution in [1.82, 2.24) is 10.3 Å². The molecule has 0 bridgehead atoms. The van der Waals surface area contributed by atoms with Crippen molar-refractivity contribution >= 4 is 23.5 Å². The van der Waals surface area contributed by atoms with Gasteiger partial charge in [0.15, 0.2) is 0 Å². The summed E-state index contributed by atoms with van der Waals surface area (Å²) in [6, 6.07) is 1.49. The van der Waals surface area contributed by atoms with E-state index in [9.17, 15) is 9.59 Å². The summed E-state index contributed by atoms with van der Waals surface area (Å²) in [6.45, 7) is 6.03. The van der Waals surface area contributed by atoms with Crippen LogP contribution in [0.1, 0.15) is 50.4 Å². The fourth-order valence-electron chi connectivity index (χ4n) is 2.18. The first-order valence-electron chi connectivity index (χ1n) is 8.04. The van der Waals surface area contributed by atoms with Crippen LogP contribution in [0, 0.1) is 11.8 Å². The number of ether oxygens (including phenoxy) is 1. The first-order chi connectivity index (χ1) is 11.2. The molecule has 1 aromatic rings. The number of rotatable bonds is 8. The van der Waals surface area contributed by atoms with Gasteiger partial charge in [0.25, 0.3) is 5.91 Å². The van der Waals surface area contributed by atoms with Crippen LogP contribution < -0.4 is 10.1 Å². The third-order valence-electron chi connectivity index (χ3n) is 4.41. The number of carbonyl (C=O) groups excluding carboxylic acids is 1. The highest BCUT2D eigenvalue weighted by Gasteiger charge is 2.33. The van der Waals surface area contributed by atoms with Gasteiger partial charge < -0.3 is 15.2 Å². The lowest BCUT2D eigenvalue weighted by Gasteiger charge is -2.33. The number of pyridine rings is 1. The summed E-state index contributed by atoms with van der Waals surface area (Å²) in [7, 11) is 0. The predicted octanol–water partition coefficient (Wildman–Crippen LogP) is 3.14. The van der Waals surface area contributed by atoms with Crippen molar-refractivity contribution in [2.24, 2.45) is 11.8 Å². The van der Waals surface area contributed by atoms with Crippen LogP contribution in [-0.4, -0.2) is 34.1 Å². The van der Waals surface area contributed by atoms with Crippen LogP contribution >= 0.6 is 11.6 Å². The monoisotopic (exact) mass is 354 g/mol. The number of carboxylic acid groups (broad SMARTS) is 1. The smallest absolute Gasteiger partial charge is 0.305 e. The lowest BCUT2D eigenvalue weighted by atomic mass is 9.85. The highest BCUT2D eigenvalue weighted by Crippen LogP contribution is 2.31. The van der Waals surface area contributed by atoms with Crippen molar-refractivity contribution in [3.8, 4) is 5.88 Å². The standard InChI is InChI=1S/C17H23ClN2O4/c1-10(2)17(3,7-14(21)22)20-15(23)12-6-13(18)16(19-8-12)24-9-11-4-5-11/h6,8,10-11H,4-5,7,9H2,1-3H3,(H,20,23)(H,21,22). The molecule has 0 saturated heterocycles. The molecule has 0 spiro atoms. The Labute approximate surface area is 146 Å². The zero-order valence-electron chi connectivity index (χ0n) is 14.1. The average molecular weight is 355 g/mol. The van der Waals surface area contributed by atoms with Gasteiger partial charge >= 0.3 is 5.97 Å². The van der Waals surface area contributed by atoms with Gasteiger partial charge in [0, 0.05) is 6.20 Å². The number of aromatic nitrogens is 1. The van der Waals surface area contributed by atoms with Crippen molar-refractivity contribution in [3.63, 3.8) is 0 Å². The molecule has 0 aliphatic heterocycles. The normalized spacial score (nSPS) is 16.5. The van der Waals surface area contributed by atoms with E-state index in [-0.39, 0.29) is 22.9 Å². The molecule has 0 radical (unpaired) electrons. The van der Waals surface area contributed by atoms with E-state index >= 15 is 0 Å². The molecule has 6 nitrogen and oxygen atoms in total. The van der Waals surface area contributed by atoms with Gasteiger partial charge in [-0.15, -0.1) is 0 Å². The van der Waals surface area contributed by atoms with Crippen molar-refractivity contribution in [1.29, 1.82) is 0 Å². The second-order valence-electron chi connectivity index (χ2n) is 6.86. The fourth-order valence-corrected chi connectivity index (χ4v) is 2.40. The number of carboxylic acids is 1. The Hall–Kier alpha value is -1.82. The Morgan fingerprint density at radius 2 is 2.17 bits per heavy atom. The van der Waals surface area contributed by atoms with Gasteiger partial charge in [0.1, 0.15) is 5.02 Å². The summed E-state index contributed by atoms with van der Waals surface area (Å²) in [6.07, 6.45) is 3.55. The number of nitrogens with one attached hydrogen (secondary N) is 1. The number of halogens is 1. The third-order valence-corrected chi connectivity index (χ3v) is 4.68. The van der Waals surface area contributed by atoms with E-state index in [1.165, 1.54) is 12.3 Å². The van der Waals surface area contributed by atoms with Crippen molar-refractivity contribution < 1.29 is 19.4 Å². The minimum Gasteiger partial charge on any atom is -0.481 e. The number of nitrogens with zero attached hydrogens (tertiary/aromatic N) is 1. The molecule has 1 atom stereocenters. The van der Waals surface area contributed by atoms with Crippen LogP contribution in [0.4, 0.5) is 0 Å². The SMILES string of the molecule is CC(C)C(C)(CC(=O)O)NC(=O)c1cnc(OCC2CC2)c(Cl)c1. The predicted molar refractivity (Wildman–Crippen MR) is 90.4 cm³/mol. The number of amides is 1. The lowest BCUT2D eigenvalue weighted by molar-refractivity contribution is -0.138. The van der Waals surface area contributed by atoms with Gasteiger partial charge in [-0.05, 0) is 37.7 Å². The van der Waals surface area contributed by atoms with E-state index < -0.39 is 17.4 Å². The number of carbonyl (C=O) groups is 2. The zero-order chi connectivity index (χ0) is 17.9. The topological polar surface area (TPSA) is 88.5 Å². The van der Waals surface area contributed by atoms with Gasteiger partial charge in [-0.3, -0.25) is 9.59 Å². The molecular weight excluding hydrogens is 332 g/mol. The van der Waals surface area contributed by atoms with Crippen LogP contribution in [0.25, 0.3) is 0 Å². The highest BCUT2D eigenvalue weighted by atomic mass is 35.5. The Bertz CT molecular complexity index is 631. The first kappa shape index (κ1) is 18.5. The Balaban J connectivity index is 2.07. The molecule has 1 amide bonds. The Kier molecular flexibility index (Phi) is 5.70. The van der Waals surface area contributed by atoms with Gasteiger partial charge in [0.05, 0.1) is 24.1 Å². The first-order valence-corrected chi connectivity index (χ1v) is 8.41. The van der Waals surface area contributed by atoms with E-state index in [2.05, 4.69) is 10.3 Å². The molecule has 1 saturated carbocycles. The van der Waals surface area contributed by atoms with E-state index in [0.29, 0.717) is 18.4 Å². The van der Waals surface area contributed by atoms with Gasteiger partial charge in [0.2, 0.25) is 5.88 Å². The number of hydrogen-bond acceptors (Lipinski definition) is 4. The summed E-state index contributed by atoms with van der Waals surface area (Å²) >= 11 is 6.13. The summed E-state index contributed by atoms with van der Waals surface area (Å²) in [5.74, 6) is -0.532. The molecule has 0 aromatic carbocycles. The number of hydrogen-bond donors (Lipinski definition) is 2. The molecule has 1 unspecified atom stereocenters. The average Bonchev–Trinajstić information content (AvgIpc) is 3.28. The van der Waals surface area contributed by atoms with Crippen molar-refractivity contribution in [2.75, 3.05) is 6.61 Å². The van der Waals surface area contributed by atoms with Gasteiger partial charge in [-0.1, -0.05) is 25.4 Å². The molecular formula is C17H23ClN2O4. The van der Waals surface area contributed by atoms with Crippen molar-refractivity contribution in [3.05, 3.63) is 22.8 Å². The van der Waals surface area contributed by atoms with Crippen LogP contribution in [0.3, 0.4) is 0 Å². The van der Waals surface area contributed by atoms with Crippen LogP contribution in [0.5, 0.6) is 5.88 Å². The van der Waals surface area contributed by atoms with E-state index in [1.54, 1.807) is 6.92 Å². The minimum absolute atomic E-state index is 0.0536. The number of aliphatic carboxylic acids is 1. The highest BCUT2D eigenvalue weighted by molar-refractivity contribution is 6.32. The van der Waals surface area contributed by atoms with Crippen LogP contribution in [-0.2, 0) is 4.79 Å². The van der Waals surface area contributed by atoms with Gasteiger partial charge in [-0.2, -0.15) is 0 Å². The maximum atomic E-state index is 12.4. The summed E-state index contributed by atoms with van der Waals surface area (Å²) in [5, 5.41) is 12.1. The molecule has 2 rings (SSSR count). The van der Waals surface area contributed by atoms with Gasteiger partial charge in [-0.25, -0.2) is 4.98 Å². The molecule has 1 aliphatic carbocycles. The Morgan fingerprint density at radius 3 is 2.67 bits per heavy atom. The second-order valence-corrected chi connectivity index (χ2v) is 7.27. The fraction of sp³-hybridized carbons (Fsp3) is 0.588. The molecule has 24 heavy (non-hydrogen) atoms. The van der Waals surface area contributed by atoms with Crippen LogP contribution in [0.15, 0.2) is 12.3 Å². The zero-order valence-corrected chi connectivity index (χ0v) is 14.9. The maximum absolute atomic E-state index is 12.4. The minimum atomic E-state index is -0.966. The Morgan fingerprint density at radius 1 is 1.50 bits per heavy atom.